The van der Waals surface area contributed by atoms with E-state index in [-0.39, 0.29) is 23.8 Å². The van der Waals surface area contributed by atoms with Gasteiger partial charge in [-0.05, 0) is 37.6 Å². The standard InChI is InChI=1S/C14H17F3N2O2/c1-2-21-11-7-10(18)12(11)19-13(20)8-3-5-9(6-4-8)14(15,16)17/h3-6,10-12H,2,7,18H2,1H3,(H,19,20). The lowest BCUT2D eigenvalue weighted by Crippen LogP contribution is -2.64. The summed E-state index contributed by atoms with van der Waals surface area (Å²) in [4.78, 5) is 12.0. The number of nitrogens with two attached hydrogens (primary N) is 1. The summed E-state index contributed by atoms with van der Waals surface area (Å²) in [5, 5.41) is 2.71. The fourth-order valence-electron chi connectivity index (χ4n) is 2.27. The van der Waals surface area contributed by atoms with Gasteiger partial charge in [0.2, 0.25) is 0 Å². The van der Waals surface area contributed by atoms with Crippen LogP contribution in [0.5, 0.6) is 0 Å². The maximum absolute atomic E-state index is 12.4. The van der Waals surface area contributed by atoms with Crippen LogP contribution in [-0.2, 0) is 10.9 Å². The third-order valence-corrected chi connectivity index (χ3v) is 3.52. The lowest BCUT2D eigenvalue weighted by molar-refractivity contribution is -0.137. The number of halogens is 3. The number of ether oxygens (including phenoxy) is 1. The van der Waals surface area contributed by atoms with Crippen molar-refractivity contribution in [1.29, 1.82) is 0 Å². The van der Waals surface area contributed by atoms with Crippen molar-refractivity contribution in [2.24, 2.45) is 5.73 Å². The Morgan fingerprint density at radius 1 is 1.38 bits per heavy atom. The first-order chi connectivity index (χ1) is 9.82. The number of carbonyl (C=O) groups excluding carboxylic acids is 1. The highest BCUT2D eigenvalue weighted by molar-refractivity contribution is 5.94. The Morgan fingerprint density at radius 2 is 2.00 bits per heavy atom. The topological polar surface area (TPSA) is 64.3 Å². The molecule has 1 fully saturated rings. The van der Waals surface area contributed by atoms with E-state index in [1.54, 1.807) is 0 Å². The van der Waals surface area contributed by atoms with Crippen molar-refractivity contribution in [2.45, 2.75) is 37.7 Å². The second kappa shape index (κ2) is 6.03. The van der Waals surface area contributed by atoms with Crippen LogP contribution < -0.4 is 11.1 Å². The summed E-state index contributed by atoms with van der Waals surface area (Å²) in [7, 11) is 0. The molecule has 0 spiro atoms. The molecule has 21 heavy (non-hydrogen) atoms. The largest absolute Gasteiger partial charge is 0.416 e. The molecule has 1 saturated carbocycles. The highest BCUT2D eigenvalue weighted by Gasteiger charge is 2.40. The molecule has 0 saturated heterocycles. The van der Waals surface area contributed by atoms with Gasteiger partial charge >= 0.3 is 6.18 Å². The van der Waals surface area contributed by atoms with Crippen molar-refractivity contribution in [1.82, 2.24) is 5.32 Å². The van der Waals surface area contributed by atoms with E-state index in [9.17, 15) is 18.0 Å². The highest BCUT2D eigenvalue weighted by atomic mass is 19.4. The van der Waals surface area contributed by atoms with Gasteiger partial charge in [0.05, 0.1) is 17.7 Å². The molecular weight excluding hydrogens is 285 g/mol. The third-order valence-electron chi connectivity index (χ3n) is 3.52. The van der Waals surface area contributed by atoms with Crippen molar-refractivity contribution >= 4 is 5.91 Å². The van der Waals surface area contributed by atoms with Gasteiger partial charge in [0.25, 0.3) is 5.91 Å². The van der Waals surface area contributed by atoms with Crippen LogP contribution in [0, 0.1) is 0 Å². The van der Waals surface area contributed by atoms with E-state index < -0.39 is 17.6 Å². The quantitative estimate of drug-likeness (QED) is 0.893. The molecular formula is C14H17F3N2O2. The Labute approximate surface area is 120 Å². The lowest BCUT2D eigenvalue weighted by atomic mass is 9.83. The first kappa shape index (κ1) is 15.8. The van der Waals surface area contributed by atoms with Crippen LogP contribution in [0.4, 0.5) is 13.2 Å². The Balaban J connectivity index is 2.00. The molecule has 1 aliphatic carbocycles. The summed E-state index contributed by atoms with van der Waals surface area (Å²) < 4.78 is 42.8. The summed E-state index contributed by atoms with van der Waals surface area (Å²) in [6.07, 6.45) is -3.89. The number of benzene rings is 1. The summed E-state index contributed by atoms with van der Waals surface area (Å²) in [5.74, 6) is -0.450. The molecule has 2 rings (SSSR count). The predicted octanol–water partition coefficient (Wildman–Crippen LogP) is 1.94. The molecule has 0 radical (unpaired) electrons. The van der Waals surface area contributed by atoms with Gasteiger partial charge in [-0.3, -0.25) is 4.79 Å². The van der Waals surface area contributed by atoms with Crippen LogP contribution in [0.15, 0.2) is 24.3 Å². The van der Waals surface area contributed by atoms with Crippen LogP contribution in [0.25, 0.3) is 0 Å². The SMILES string of the molecule is CCOC1CC(N)C1NC(=O)c1ccc(C(F)(F)F)cc1. The molecule has 1 aliphatic rings. The van der Waals surface area contributed by atoms with E-state index in [0.29, 0.717) is 13.0 Å². The van der Waals surface area contributed by atoms with E-state index in [4.69, 9.17) is 10.5 Å². The summed E-state index contributed by atoms with van der Waals surface area (Å²) in [6, 6.07) is 3.57. The van der Waals surface area contributed by atoms with Crippen molar-refractivity contribution in [3.8, 4) is 0 Å². The second-order valence-corrected chi connectivity index (χ2v) is 4.97. The zero-order chi connectivity index (χ0) is 15.6. The fourth-order valence-corrected chi connectivity index (χ4v) is 2.27. The molecule has 1 aromatic carbocycles. The molecule has 0 heterocycles. The molecule has 1 amide bonds. The lowest BCUT2D eigenvalue weighted by Gasteiger charge is -2.42. The van der Waals surface area contributed by atoms with Crippen LogP contribution in [0.2, 0.25) is 0 Å². The fraction of sp³-hybridized carbons (Fsp3) is 0.500. The first-order valence-corrected chi connectivity index (χ1v) is 6.68. The monoisotopic (exact) mass is 302 g/mol. The Bertz CT molecular complexity index is 500. The van der Waals surface area contributed by atoms with E-state index in [1.807, 2.05) is 6.92 Å². The minimum Gasteiger partial charge on any atom is -0.376 e. The molecule has 3 atom stereocenters. The van der Waals surface area contributed by atoms with Gasteiger partial charge < -0.3 is 15.8 Å². The third kappa shape index (κ3) is 3.54. The van der Waals surface area contributed by atoms with Gasteiger partial charge in [-0.2, -0.15) is 13.2 Å². The molecule has 1 aromatic rings. The smallest absolute Gasteiger partial charge is 0.376 e. The van der Waals surface area contributed by atoms with Gasteiger partial charge in [-0.1, -0.05) is 0 Å². The molecule has 0 aromatic heterocycles. The Morgan fingerprint density at radius 3 is 2.48 bits per heavy atom. The molecule has 3 N–H and O–H groups in total. The number of amides is 1. The predicted molar refractivity (Wildman–Crippen MR) is 70.7 cm³/mol. The van der Waals surface area contributed by atoms with Crippen LogP contribution in [0.3, 0.4) is 0 Å². The van der Waals surface area contributed by atoms with Gasteiger partial charge in [-0.15, -0.1) is 0 Å². The minimum atomic E-state index is -4.41. The normalized spacial score (nSPS) is 25.3. The number of carbonyl (C=O) groups is 1. The number of rotatable bonds is 4. The zero-order valence-electron chi connectivity index (χ0n) is 11.5. The van der Waals surface area contributed by atoms with Crippen molar-refractivity contribution < 1.29 is 22.7 Å². The van der Waals surface area contributed by atoms with Crippen LogP contribution >= 0.6 is 0 Å². The van der Waals surface area contributed by atoms with Crippen molar-refractivity contribution in [3.05, 3.63) is 35.4 Å². The zero-order valence-corrected chi connectivity index (χ0v) is 11.5. The minimum absolute atomic E-state index is 0.136. The van der Waals surface area contributed by atoms with E-state index >= 15 is 0 Å². The maximum atomic E-state index is 12.4. The molecule has 3 unspecified atom stereocenters. The summed E-state index contributed by atoms with van der Waals surface area (Å²) in [6.45, 7) is 2.36. The maximum Gasteiger partial charge on any atom is 0.416 e. The van der Waals surface area contributed by atoms with Crippen LogP contribution in [0.1, 0.15) is 29.3 Å². The van der Waals surface area contributed by atoms with E-state index in [1.165, 1.54) is 0 Å². The van der Waals surface area contributed by atoms with E-state index in [0.717, 1.165) is 24.3 Å². The summed E-state index contributed by atoms with van der Waals surface area (Å²) >= 11 is 0. The van der Waals surface area contributed by atoms with Gasteiger partial charge in [0.15, 0.2) is 0 Å². The molecule has 7 heteroatoms. The number of hydrogen-bond donors (Lipinski definition) is 2. The van der Waals surface area contributed by atoms with Crippen LogP contribution in [-0.4, -0.2) is 30.7 Å². The average molecular weight is 302 g/mol. The summed E-state index contributed by atoms with van der Waals surface area (Å²) in [5.41, 5.74) is 5.19. The highest BCUT2D eigenvalue weighted by Crippen LogP contribution is 2.29. The molecule has 0 bridgehead atoms. The second-order valence-electron chi connectivity index (χ2n) is 4.97. The van der Waals surface area contributed by atoms with Gasteiger partial charge in [-0.25, -0.2) is 0 Å². The van der Waals surface area contributed by atoms with Gasteiger partial charge in [0, 0.05) is 18.2 Å². The number of nitrogens with one attached hydrogen (secondary N) is 1. The molecule has 4 nitrogen and oxygen atoms in total. The van der Waals surface area contributed by atoms with Crippen molar-refractivity contribution in [3.63, 3.8) is 0 Å². The van der Waals surface area contributed by atoms with E-state index in [2.05, 4.69) is 5.32 Å². The number of alkyl halides is 3. The molecule has 116 valence electrons. The first-order valence-electron chi connectivity index (χ1n) is 6.68. The Hall–Kier alpha value is -1.60. The van der Waals surface area contributed by atoms with Crippen molar-refractivity contribution in [2.75, 3.05) is 6.61 Å². The molecule has 0 aliphatic heterocycles. The van der Waals surface area contributed by atoms with Gasteiger partial charge in [0.1, 0.15) is 0 Å². The Kier molecular flexibility index (Phi) is 4.53. The number of hydrogen-bond acceptors (Lipinski definition) is 3. The average Bonchev–Trinajstić information content (AvgIpc) is 2.43.